The lowest BCUT2D eigenvalue weighted by Crippen LogP contribution is -2.43. The van der Waals surface area contributed by atoms with Crippen molar-refractivity contribution in [3.05, 3.63) is 22.8 Å². The van der Waals surface area contributed by atoms with Crippen LogP contribution in [0.1, 0.15) is 37.0 Å². The van der Waals surface area contributed by atoms with E-state index in [1.165, 1.54) is 22.4 Å². The van der Waals surface area contributed by atoms with E-state index < -0.39 is 0 Å². The Hall–Kier alpha value is -1.22. The Morgan fingerprint density at radius 1 is 1.21 bits per heavy atom. The zero-order chi connectivity index (χ0) is 14.8. The van der Waals surface area contributed by atoms with E-state index in [-0.39, 0.29) is 5.54 Å². The Bertz CT molecular complexity index is 453. The van der Waals surface area contributed by atoms with Gasteiger partial charge in [0.2, 0.25) is 0 Å². The minimum absolute atomic E-state index is 0.0486. The van der Waals surface area contributed by atoms with Gasteiger partial charge in [-0.25, -0.2) is 0 Å². The van der Waals surface area contributed by atoms with Crippen LogP contribution >= 0.6 is 0 Å². The molecule has 2 N–H and O–H groups in total. The fourth-order valence-electron chi connectivity index (χ4n) is 2.55. The highest BCUT2D eigenvalue weighted by Crippen LogP contribution is 2.35. The van der Waals surface area contributed by atoms with Gasteiger partial charge in [-0.1, -0.05) is 0 Å². The molecule has 108 valence electrons. The van der Waals surface area contributed by atoms with Crippen molar-refractivity contribution >= 4 is 5.69 Å². The van der Waals surface area contributed by atoms with E-state index in [9.17, 15) is 0 Å². The molecule has 0 saturated heterocycles. The molecule has 0 saturated carbocycles. The molecule has 0 aliphatic rings. The average molecular weight is 264 g/mol. The summed E-state index contributed by atoms with van der Waals surface area (Å²) in [4.78, 5) is 2.33. The van der Waals surface area contributed by atoms with Crippen molar-refractivity contribution in [2.45, 2.75) is 46.6 Å². The summed E-state index contributed by atoms with van der Waals surface area (Å²) in [5.41, 5.74) is 10.7. The molecule has 0 atom stereocenters. The highest BCUT2D eigenvalue weighted by molar-refractivity contribution is 5.63. The maximum absolute atomic E-state index is 5.73. The second-order valence-electron chi connectivity index (χ2n) is 5.91. The summed E-state index contributed by atoms with van der Waals surface area (Å²) in [6, 6.07) is 2.21. The molecule has 0 aromatic heterocycles. The molecule has 1 aromatic carbocycles. The Morgan fingerprint density at radius 3 is 2.26 bits per heavy atom. The molecule has 0 aliphatic carbocycles. The van der Waals surface area contributed by atoms with Gasteiger partial charge in [-0.15, -0.1) is 0 Å². The number of rotatable bonds is 5. The molecule has 0 fully saturated rings. The van der Waals surface area contributed by atoms with Gasteiger partial charge in [0.15, 0.2) is 0 Å². The molecule has 0 aliphatic heterocycles. The number of ether oxygens (including phenoxy) is 1. The third-order valence-corrected chi connectivity index (χ3v) is 4.23. The lowest BCUT2D eigenvalue weighted by molar-refractivity contribution is 0.407. The fraction of sp³-hybridized carbons (Fsp3) is 0.625. The minimum Gasteiger partial charge on any atom is -0.496 e. The van der Waals surface area contributed by atoms with Crippen LogP contribution in [0.5, 0.6) is 5.75 Å². The number of hydrogen-bond donors (Lipinski definition) is 1. The van der Waals surface area contributed by atoms with Crippen molar-refractivity contribution < 1.29 is 4.74 Å². The number of anilines is 1. The molecule has 1 aromatic rings. The molecule has 0 spiro atoms. The maximum atomic E-state index is 5.73. The van der Waals surface area contributed by atoms with Gasteiger partial charge < -0.3 is 15.4 Å². The molecule has 1 rings (SSSR count). The number of hydrogen-bond acceptors (Lipinski definition) is 3. The average Bonchev–Trinajstić information content (AvgIpc) is 2.33. The van der Waals surface area contributed by atoms with E-state index >= 15 is 0 Å². The molecule has 0 unspecified atom stereocenters. The third-order valence-electron chi connectivity index (χ3n) is 4.23. The second-order valence-corrected chi connectivity index (χ2v) is 5.91. The van der Waals surface area contributed by atoms with Crippen molar-refractivity contribution in [2.75, 3.05) is 25.6 Å². The Balaban J connectivity index is 3.29. The van der Waals surface area contributed by atoms with Crippen LogP contribution < -0.4 is 15.4 Å². The lowest BCUT2D eigenvalue weighted by Gasteiger charge is -2.39. The van der Waals surface area contributed by atoms with Crippen molar-refractivity contribution in [3.8, 4) is 5.75 Å². The van der Waals surface area contributed by atoms with Gasteiger partial charge in [-0.2, -0.15) is 0 Å². The molecular formula is C16H28N2O. The normalized spacial score (nSPS) is 11.6. The van der Waals surface area contributed by atoms with Crippen LogP contribution in [0.2, 0.25) is 0 Å². The summed E-state index contributed by atoms with van der Waals surface area (Å²) in [7, 11) is 3.87. The molecule has 3 nitrogen and oxygen atoms in total. The Morgan fingerprint density at radius 2 is 1.79 bits per heavy atom. The number of nitrogens with zero attached hydrogens (tertiary/aromatic N) is 1. The first-order valence-electron chi connectivity index (χ1n) is 6.85. The van der Waals surface area contributed by atoms with Crippen molar-refractivity contribution in [1.29, 1.82) is 0 Å². The fourth-order valence-corrected chi connectivity index (χ4v) is 2.55. The van der Waals surface area contributed by atoms with Gasteiger partial charge in [0.25, 0.3) is 0 Å². The quantitative estimate of drug-likeness (QED) is 0.887. The van der Waals surface area contributed by atoms with Crippen molar-refractivity contribution in [1.82, 2.24) is 0 Å². The topological polar surface area (TPSA) is 38.5 Å². The first kappa shape index (κ1) is 15.8. The lowest BCUT2D eigenvalue weighted by atomic mass is 9.95. The molecule has 0 bridgehead atoms. The predicted molar refractivity (Wildman–Crippen MR) is 83.4 cm³/mol. The van der Waals surface area contributed by atoms with Gasteiger partial charge in [0.05, 0.1) is 7.11 Å². The van der Waals surface area contributed by atoms with Crippen LogP contribution in [0.15, 0.2) is 6.07 Å². The number of nitrogens with two attached hydrogens (primary N) is 1. The molecule has 0 amide bonds. The first-order valence-corrected chi connectivity index (χ1v) is 6.85. The summed E-state index contributed by atoms with van der Waals surface area (Å²) in [6.07, 6.45) is 0.965. The van der Waals surface area contributed by atoms with Gasteiger partial charge in [0.1, 0.15) is 5.75 Å². The summed E-state index contributed by atoms with van der Waals surface area (Å²) < 4.78 is 5.49. The van der Waals surface area contributed by atoms with Crippen LogP contribution in [0.25, 0.3) is 0 Å². The molecule has 19 heavy (non-hydrogen) atoms. The van der Waals surface area contributed by atoms with E-state index in [2.05, 4.69) is 52.6 Å². The van der Waals surface area contributed by atoms with Crippen LogP contribution in [0.3, 0.4) is 0 Å². The van der Waals surface area contributed by atoms with Gasteiger partial charge >= 0.3 is 0 Å². The van der Waals surface area contributed by atoms with Gasteiger partial charge in [-0.3, -0.25) is 0 Å². The zero-order valence-corrected chi connectivity index (χ0v) is 13.4. The zero-order valence-electron chi connectivity index (χ0n) is 13.4. The standard InChI is InChI=1S/C16H28N2O/c1-11-10-14(12(2)13(3)15(11)19-7)18(6)16(4,5)8-9-17/h10H,8-9,17H2,1-7H3. The van der Waals surface area contributed by atoms with E-state index in [0.717, 1.165) is 12.2 Å². The van der Waals surface area contributed by atoms with E-state index in [1.807, 2.05) is 0 Å². The van der Waals surface area contributed by atoms with Gasteiger partial charge in [0, 0.05) is 18.3 Å². The highest BCUT2D eigenvalue weighted by Gasteiger charge is 2.25. The third kappa shape index (κ3) is 3.03. The monoisotopic (exact) mass is 264 g/mol. The Labute approximate surface area is 117 Å². The SMILES string of the molecule is COc1c(C)cc(N(C)C(C)(C)CCN)c(C)c1C. The largest absolute Gasteiger partial charge is 0.496 e. The van der Waals surface area contributed by atoms with Crippen LogP contribution in [-0.2, 0) is 0 Å². The minimum atomic E-state index is 0.0486. The summed E-state index contributed by atoms with van der Waals surface area (Å²) >= 11 is 0. The van der Waals surface area contributed by atoms with E-state index in [0.29, 0.717) is 6.54 Å². The van der Waals surface area contributed by atoms with Crippen molar-refractivity contribution in [3.63, 3.8) is 0 Å². The number of aryl methyl sites for hydroxylation is 1. The smallest absolute Gasteiger partial charge is 0.125 e. The van der Waals surface area contributed by atoms with Crippen LogP contribution in [0.4, 0.5) is 5.69 Å². The number of benzene rings is 1. The van der Waals surface area contributed by atoms with Crippen LogP contribution in [0, 0.1) is 20.8 Å². The van der Waals surface area contributed by atoms with Gasteiger partial charge in [-0.05, 0) is 70.3 Å². The van der Waals surface area contributed by atoms with Crippen LogP contribution in [-0.4, -0.2) is 26.2 Å². The molecule has 0 radical (unpaired) electrons. The molecular weight excluding hydrogens is 236 g/mol. The molecule has 0 heterocycles. The summed E-state index contributed by atoms with van der Waals surface area (Å²) in [5, 5.41) is 0. The van der Waals surface area contributed by atoms with E-state index in [4.69, 9.17) is 10.5 Å². The summed E-state index contributed by atoms with van der Waals surface area (Å²) in [6.45, 7) is 11.5. The Kier molecular flexibility index (Phi) is 4.86. The first-order chi connectivity index (χ1) is 8.76. The van der Waals surface area contributed by atoms with E-state index in [1.54, 1.807) is 7.11 Å². The maximum Gasteiger partial charge on any atom is 0.125 e. The molecule has 3 heteroatoms. The number of methoxy groups -OCH3 is 1. The summed E-state index contributed by atoms with van der Waals surface area (Å²) in [5.74, 6) is 0.992. The van der Waals surface area contributed by atoms with Crippen molar-refractivity contribution in [2.24, 2.45) is 5.73 Å². The predicted octanol–water partition coefficient (Wildman–Crippen LogP) is 3.18. The second kappa shape index (κ2) is 5.83. The highest BCUT2D eigenvalue weighted by atomic mass is 16.5.